The first-order valence-electron chi connectivity index (χ1n) is 5.37. The maximum Gasteiger partial charge on any atom is 0.137 e. The van der Waals surface area contributed by atoms with Crippen molar-refractivity contribution in [2.24, 2.45) is 11.7 Å². The van der Waals surface area contributed by atoms with Crippen LogP contribution < -0.4 is 5.73 Å². The van der Waals surface area contributed by atoms with E-state index in [1.807, 2.05) is 6.07 Å². The molecule has 2 rings (SSSR count). The molecule has 1 nitrogen and oxygen atoms in total. The van der Waals surface area contributed by atoms with E-state index < -0.39 is 0 Å². The summed E-state index contributed by atoms with van der Waals surface area (Å²) < 4.78 is 13.8. The molecule has 2 N–H and O–H groups in total. The quantitative estimate of drug-likeness (QED) is 0.898. The third-order valence-electron chi connectivity index (χ3n) is 3.24. The van der Waals surface area contributed by atoms with Crippen molar-refractivity contribution < 1.29 is 4.39 Å². The zero-order chi connectivity index (χ0) is 10.8. The van der Waals surface area contributed by atoms with E-state index in [1.165, 1.54) is 25.3 Å². The Bertz CT molecular complexity index is 349. The standard InChI is InChI=1S/C12H15BrFN/c13-12-9(5-2-6-10(12)14)7-11(15)8-3-1-4-8/h2,5-6,8,11H,1,3-4,7,15H2. The molecule has 1 atom stereocenters. The minimum absolute atomic E-state index is 0.178. The van der Waals surface area contributed by atoms with Crippen molar-refractivity contribution in [3.05, 3.63) is 34.1 Å². The van der Waals surface area contributed by atoms with Gasteiger partial charge < -0.3 is 5.73 Å². The van der Waals surface area contributed by atoms with E-state index in [-0.39, 0.29) is 11.9 Å². The zero-order valence-electron chi connectivity index (χ0n) is 8.55. The second-order valence-corrected chi connectivity index (χ2v) is 5.06. The highest BCUT2D eigenvalue weighted by atomic mass is 79.9. The maximum atomic E-state index is 13.2. The van der Waals surface area contributed by atoms with Crippen molar-refractivity contribution in [3.63, 3.8) is 0 Å². The summed E-state index contributed by atoms with van der Waals surface area (Å²) in [5, 5.41) is 0. The topological polar surface area (TPSA) is 26.0 Å². The third-order valence-corrected chi connectivity index (χ3v) is 4.13. The molecule has 1 fully saturated rings. The molecule has 3 heteroatoms. The molecule has 1 unspecified atom stereocenters. The first-order valence-corrected chi connectivity index (χ1v) is 6.16. The molecule has 0 bridgehead atoms. The van der Waals surface area contributed by atoms with Crippen molar-refractivity contribution in [3.8, 4) is 0 Å². The normalized spacial score (nSPS) is 18.6. The fraction of sp³-hybridized carbons (Fsp3) is 0.500. The van der Waals surface area contributed by atoms with Crippen LogP contribution in [0.3, 0.4) is 0 Å². The predicted molar refractivity (Wildman–Crippen MR) is 63.1 cm³/mol. The van der Waals surface area contributed by atoms with E-state index in [4.69, 9.17) is 5.73 Å². The summed E-state index contributed by atoms with van der Waals surface area (Å²) in [5.74, 6) is 0.438. The zero-order valence-corrected chi connectivity index (χ0v) is 10.1. The van der Waals surface area contributed by atoms with Gasteiger partial charge in [0, 0.05) is 6.04 Å². The van der Waals surface area contributed by atoms with Gasteiger partial charge in [-0.2, -0.15) is 0 Å². The molecule has 1 aliphatic carbocycles. The lowest BCUT2D eigenvalue weighted by Gasteiger charge is -2.31. The van der Waals surface area contributed by atoms with Crippen LogP contribution in [0.25, 0.3) is 0 Å². The van der Waals surface area contributed by atoms with E-state index in [2.05, 4.69) is 15.9 Å². The molecular weight excluding hydrogens is 257 g/mol. The van der Waals surface area contributed by atoms with Crippen molar-refractivity contribution in [1.82, 2.24) is 0 Å². The minimum atomic E-state index is -0.201. The molecule has 1 saturated carbocycles. The van der Waals surface area contributed by atoms with E-state index in [0.717, 1.165) is 12.0 Å². The van der Waals surface area contributed by atoms with Crippen molar-refractivity contribution >= 4 is 15.9 Å². The predicted octanol–water partition coefficient (Wildman–Crippen LogP) is 3.26. The molecule has 0 spiro atoms. The number of nitrogens with two attached hydrogens (primary N) is 1. The molecule has 1 aromatic rings. The summed E-state index contributed by atoms with van der Waals surface area (Å²) in [5.41, 5.74) is 7.07. The monoisotopic (exact) mass is 271 g/mol. The molecule has 0 aliphatic heterocycles. The van der Waals surface area contributed by atoms with Crippen LogP contribution in [-0.4, -0.2) is 6.04 Å². The molecule has 1 aliphatic rings. The third kappa shape index (κ3) is 2.40. The van der Waals surface area contributed by atoms with Gasteiger partial charge in [-0.3, -0.25) is 0 Å². The second kappa shape index (κ2) is 4.62. The molecule has 0 aromatic heterocycles. The van der Waals surface area contributed by atoms with E-state index in [9.17, 15) is 4.39 Å². The van der Waals surface area contributed by atoms with Crippen LogP contribution in [0.4, 0.5) is 4.39 Å². The maximum absolute atomic E-state index is 13.2. The first kappa shape index (κ1) is 11.1. The number of rotatable bonds is 3. The fourth-order valence-corrected chi connectivity index (χ4v) is 2.42. The van der Waals surface area contributed by atoms with Gasteiger partial charge in [0.05, 0.1) is 4.47 Å². The van der Waals surface area contributed by atoms with Crippen LogP contribution in [-0.2, 0) is 6.42 Å². The van der Waals surface area contributed by atoms with Gasteiger partial charge in [0.2, 0.25) is 0 Å². The Labute approximate surface area is 98.0 Å². The van der Waals surface area contributed by atoms with Gasteiger partial charge in [-0.1, -0.05) is 18.6 Å². The number of halogens is 2. The van der Waals surface area contributed by atoms with Gasteiger partial charge in [-0.25, -0.2) is 4.39 Å². The average molecular weight is 272 g/mol. The Morgan fingerprint density at radius 2 is 2.20 bits per heavy atom. The summed E-state index contributed by atoms with van der Waals surface area (Å²) in [6.45, 7) is 0. The summed E-state index contributed by atoms with van der Waals surface area (Å²) in [4.78, 5) is 0. The highest BCUT2D eigenvalue weighted by Crippen LogP contribution is 2.31. The lowest BCUT2D eigenvalue weighted by atomic mass is 9.78. The Morgan fingerprint density at radius 1 is 1.47 bits per heavy atom. The lowest BCUT2D eigenvalue weighted by molar-refractivity contribution is 0.260. The molecule has 0 heterocycles. The van der Waals surface area contributed by atoms with Crippen LogP contribution in [0, 0.1) is 11.7 Å². The Morgan fingerprint density at radius 3 is 2.80 bits per heavy atom. The lowest BCUT2D eigenvalue weighted by Crippen LogP contribution is -2.36. The van der Waals surface area contributed by atoms with E-state index in [1.54, 1.807) is 6.07 Å². The van der Waals surface area contributed by atoms with Crippen molar-refractivity contribution in [2.75, 3.05) is 0 Å². The van der Waals surface area contributed by atoms with Gasteiger partial charge in [-0.15, -0.1) is 0 Å². The molecule has 82 valence electrons. The number of benzene rings is 1. The van der Waals surface area contributed by atoms with Gasteiger partial charge in [0.1, 0.15) is 5.82 Å². The smallest absolute Gasteiger partial charge is 0.137 e. The summed E-state index contributed by atoms with van der Waals surface area (Å²) >= 11 is 3.27. The molecule has 0 amide bonds. The summed E-state index contributed by atoms with van der Waals surface area (Å²) in [6, 6.07) is 5.31. The minimum Gasteiger partial charge on any atom is -0.327 e. The van der Waals surface area contributed by atoms with Gasteiger partial charge >= 0.3 is 0 Å². The molecular formula is C12H15BrFN. The van der Waals surface area contributed by atoms with Crippen molar-refractivity contribution in [1.29, 1.82) is 0 Å². The molecule has 0 radical (unpaired) electrons. The van der Waals surface area contributed by atoms with Gasteiger partial charge in [0.25, 0.3) is 0 Å². The highest BCUT2D eigenvalue weighted by molar-refractivity contribution is 9.10. The van der Waals surface area contributed by atoms with Crippen LogP contribution in [0.2, 0.25) is 0 Å². The van der Waals surface area contributed by atoms with Crippen LogP contribution in [0.1, 0.15) is 24.8 Å². The van der Waals surface area contributed by atoms with E-state index in [0.29, 0.717) is 10.4 Å². The summed E-state index contributed by atoms with van der Waals surface area (Å²) in [7, 11) is 0. The Hall–Kier alpha value is -0.410. The SMILES string of the molecule is NC(Cc1cccc(F)c1Br)C1CCC1. The molecule has 1 aromatic carbocycles. The molecule has 15 heavy (non-hydrogen) atoms. The van der Waals surface area contributed by atoms with Gasteiger partial charge in [-0.05, 0) is 52.7 Å². The number of hydrogen-bond donors (Lipinski definition) is 1. The average Bonchev–Trinajstić information content (AvgIpc) is 2.10. The Balaban J connectivity index is 2.06. The van der Waals surface area contributed by atoms with Crippen LogP contribution in [0.15, 0.2) is 22.7 Å². The van der Waals surface area contributed by atoms with Gasteiger partial charge in [0.15, 0.2) is 0 Å². The van der Waals surface area contributed by atoms with E-state index >= 15 is 0 Å². The fourth-order valence-electron chi connectivity index (χ4n) is 1.99. The van der Waals surface area contributed by atoms with Crippen molar-refractivity contribution in [2.45, 2.75) is 31.7 Å². The largest absolute Gasteiger partial charge is 0.327 e. The second-order valence-electron chi connectivity index (χ2n) is 4.27. The Kier molecular flexibility index (Phi) is 3.42. The van der Waals surface area contributed by atoms with Crippen LogP contribution >= 0.6 is 15.9 Å². The van der Waals surface area contributed by atoms with Crippen LogP contribution in [0.5, 0.6) is 0 Å². The number of hydrogen-bond acceptors (Lipinski definition) is 1. The first-order chi connectivity index (χ1) is 7.18. The highest BCUT2D eigenvalue weighted by Gasteiger charge is 2.25. The molecule has 0 saturated heterocycles. The summed E-state index contributed by atoms with van der Waals surface area (Å²) in [6.07, 6.45) is 4.52.